The number of hydrogen-bond acceptors (Lipinski definition) is 5. The Bertz CT molecular complexity index is 1130. The highest BCUT2D eigenvalue weighted by Gasteiger charge is 2.22. The van der Waals surface area contributed by atoms with Gasteiger partial charge in [0.15, 0.2) is 0 Å². The molecule has 4 nitrogen and oxygen atoms in total. The highest BCUT2D eigenvalue weighted by molar-refractivity contribution is 7.21. The summed E-state index contributed by atoms with van der Waals surface area (Å²) in [6, 6.07) is 14.3. The van der Waals surface area contributed by atoms with Gasteiger partial charge in [0.25, 0.3) is 0 Å². The van der Waals surface area contributed by atoms with E-state index in [0.717, 1.165) is 16.5 Å². The lowest BCUT2D eigenvalue weighted by atomic mass is 10.1. The topological polar surface area (TPSA) is 48.4 Å². The van der Waals surface area contributed by atoms with Crippen LogP contribution in [0.5, 0.6) is 0 Å². The molecule has 6 heteroatoms. The van der Waals surface area contributed by atoms with Gasteiger partial charge in [-0.3, -0.25) is 4.98 Å². The molecule has 0 fully saturated rings. The molecule has 0 bridgehead atoms. The first-order valence-corrected chi connectivity index (χ1v) is 9.19. The molecule has 0 atom stereocenters. The number of ether oxygens (including phenoxy) is 2. The Morgan fingerprint density at radius 2 is 1.93 bits per heavy atom. The summed E-state index contributed by atoms with van der Waals surface area (Å²) in [5.41, 5.74) is 2.14. The highest BCUT2D eigenvalue weighted by Crippen LogP contribution is 2.34. The van der Waals surface area contributed by atoms with E-state index in [9.17, 15) is 9.18 Å². The van der Waals surface area contributed by atoms with Crippen LogP contribution >= 0.6 is 11.3 Å². The number of halogens is 1. The van der Waals surface area contributed by atoms with Crippen LogP contribution in [-0.4, -0.2) is 18.1 Å². The highest BCUT2D eigenvalue weighted by atomic mass is 32.1. The second-order valence-electron chi connectivity index (χ2n) is 6.02. The predicted octanol–water partition coefficient (Wildman–Crippen LogP) is 5.09. The zero-order valence-corrected chi connectivity index (χ0v) is 15.4. The number of nitrogens with zero attached hydrogens (tertiary/aromatic N) is 1. The first-order valence-electron chi connectivity index (χ1n) is 8.37. The summed E-state index contributed by atoms with van der Waals surface area (Å²) in [5.74, 6) is -0.858. The molecule has 0 aliphatic rings. The van der Waals surface area contributed by atoms with E-state index in [2.05, 4.69) is 4.98 Å². The Kier molecular flexibility index (Phi) is 4.83. The Morgan fingerprint density at radius 1 is 1.11 bits per heavy atom. The first kappa shape index (κ1) is 17.6. The first-order chi connectivity index (χ1) is 13.2. The van der Waals surface area contributed by atoms with Crippen molar-refractivity contribution in [3.05, 3.63) is 76.5 Å². The number of benzene rings is 2. The molecule has 0 N–H and O–H groups in total. The lowest BCUT2D eigenvalue weighted by Gasteiger charge is -2.08. The Morgan fingerprint density at radius 3 is 2.78 bits per heavy atom. The molecule has 2 heterocycles. The van der Waals surface area contributed by atoms with Crippen LogP contribution in [0.15, 0.2) is 54.7 Å². The van der Waals surface area contributed by atoms with E-state index < -0.39 is 5.97 Å². The van der Waals surface area contributed by atoms with Gasteiger partial charge in [-0.1, -0.05) is 30.3 Å². The molecule has 27 heavy (non-hydrogen) atoms. The number of fused-ring (bicyclic) bond motifs is 2. The average Bonchev–Trinajstić information content (AvgIpc) is 3.06. The van der Waals surface area contributed by atoms with Gasteiger partial charge in [-0.2, -0.15) is 0 Å². The van der Waals surface area contributed by atoms with Crippen molar-refractivity contribution in [1.29, 1.82) is 0 Å². The van der Waals surface area contributed by atoms with E-state index in [4.69, 9.17) is 9.47 Å². The summed E-state index contributed by atoms with van der Waals surface area (Å²) in [6.07, 6.45) is 1.71. The number of rotatable bonds is 5. The summed E-state index contributed by atoms with van der Waals surface area (Å²) >= 11 is 1.21. The smallest absolute Gasteiger partial charge is 0.349 e. The molecule has 0 unspecified atom stereocenters. The van der Waals surface area contributed by atoms with Crippen molar-refractivity contribution in [2.45, 2.75) is 13.2 Å². The molecule has 0 saturated heterocycles. The minimum Gasteiger partial charge on any atom is -0.457 e. The normalized spacial score (nSPS) is 11.2. The molecule has 2 aromatic heterocycles. The number of methoxy groups -OCH3 is 1. The third-order valence-corrected chi connectivity index (χ3v) is 5.49. The quantitative estimate of drug-likeness (QED) is 0.452. The molecule has 0 aliphatic heterocycles. The van der Waals surface area contributed by atoms with E-state index in [-0.39, 0.29) is 19.0 Å². The zero-order valence-electron chi connectivity index (χ0n) is 14.6. The number of pyridine rings is 1. The van der Waals surface area contributed by atoms with Gasteiger partial charge in [0.1, 0.15) is 17.3 Å². The van der Waals surface area contributed by atoms with Gasteiger partial charge in [-0.15, -0.1) is 11.3 Å². The summed E-state index contributed by atoms with van der Waals surface area (Å²) in [6.45, 7) is 0.234. The Balaban J connectivity index is 1.65. The van der Waals surface area contributed by atoms with Gasteiger partial charge >= 0.3 is 5.97 Å². The van der Waals surface area contributed by atoms with Crippen molar-refractivity contribution in [3.8, 4) is 0 Å². The zero-order chi connectivity index (χ0) is 18.8. The number of hydrogen-bond donors (Lipinski definition) is 0. The molecule has 4 rings (SSSR count). The van der Waals surface area contributed by atoms with Crippen LogP contribution in [0, 0.1) is 5.82 Å². The third-order valence-electron chi connectivity index (χ3n) is 4.31. The SMILES string of the molecule is COCc1c(C(=O)OCc2cccc3cccnc23)sc2cccc(F)c12. The monoisotopic (exact) mass is 381 g/mol. The molecule has 0 spiro atoms. The lowest BCUT2D eigenvalue weighted by molar-refractivity contribution is 0.0476. The van der Waals surface area contributed by atoms with E-state index in [1.54, 1.807) is 18.3 Å². The van der Waals surface area contributed by atoms with Crippen LogP contribution in [-0.2, 0) is 22.7 Å². The standard InChI is InChI=1S/C21H16FNO3S/c1-25-12-15-18-16(22)8-3-9-17(18)27-20(15)21(24)26-11-14-6-2-5-13-7-4-10-23-19(13)14/h2-10H,11-12H2,1H3. The fraction of sp³-hybridized carbons (Fsp3) is 0.143. The Hall–Kier alpha value is -2.83. The molecule has 136 valence electrons. The minimum atomic E-state index is -0.490. The van der Waals surface area contributed by atoms with Gasteiger partial charge < -0.3 is 9.47 Å². The summed E-state index contributed by atoms with van der Waals surface area (Å²) < 4.78 is 25.7. The number of para-hydroxylation sites is 1. The largest absolute Gasteiger partial charge is 0.457 e. The van der Waals surface area contributed by atoms with Crippen LogP contribution < -0.4 is 0 Å². The van der Waals surface area contributed by atoms with Crippen molar-refractivity contribution < 1.29 is 18.7 Å². The molecule has 0 aliphatic carbocycles. The lowest BCUT2D eigenvalue weighted by Crippen LogP contribution is -2.07. The Labute approximate surface area is 159 Å². The fourth-order valence-corrected chi connectivity index (χ4v) is 4.22. The number of thiophene rings is 1. The summed E-state index contributed by atoms with van der Waals surface area (Å²) in [4.78, 5) is 17.5. The van der Waals surface area contributed by atoms with Crippen LogP contribution in [0.4, 0.5) is 4.39 Å². The van der Waals surface area contributed by atoms with Gasteiger partial charge in [-0.05, 0) is 18.2 Å². The maximum Gasteiger partial charge on any atom is 0.349 e. The van der Waals surface area contributed by atoms with Crippen LogP contribution in [0.2, 0.25) is 0 Å². The average molecular weight is 381 g/mol. The maximum atomic E-state index is 14.3. The minimum absolute atomic E-state index is 0.0936. The second-order valence-corrected chi connectivity index (χ2v) is 7.08. The molecule has 0 amide bonds. The second kappa shape index (κ2) is 7.42. The van der Waals surface area contributed by atoms with Crippen molar-refractivity contribution in [2.75, 3.05) is 7.11 Å². The van der Waals surface area contributed by atoms with Crippen molar-refractivity contribution in [1.82, 2.24) is 4.98 Å². The molecular weight excluding hydrogens is 365 g/mol. The maximum absolute atomic E-state index is 14.3. The molecule has 0 saturated carbocycles. The number of aromatic nitrogens is 1. The van der Waals surface area contributed by atoms with Gasteiger partial charge in [0.05, 0.1) is 12.1 Å². The number of esters is 1. The van der Waals surface area contributed by atoms with E-state index in [0.29, 0.717) is 20.5 Å². The van der Waals surface area contributed by atoms with Crippen LogP contribution in [0.1, 0.15) is 20.8 Å². The van der Waals surface area contributed by atoms with E-state index in [1.165, 1.54) is 24.5 Å². The third kappa shape index (κ3) is 3.29. The molecular formula is C21H16FNO3S. The molecule has 0 radical (unpaired) electrons. The van der Waals surface area contributed by atoms with Crippen molar-refractivity contribution >= 4 is 38.3 Å². The number of carbonyl (C=O) groups is 1. The van der Waals surface area contributed by atoms with Crippen molar-refractivity contribution in [3.63, 3.8) is 0 Å². The van der Waals surface area contributed by atoms with Crippen LogP contribution in [0.25, 0.3) is 21.0 Å². The van der Waals surface area contributed by atoms with Crippen LogP contribution in [0.3, 0.4) is 0 Å². The van der Waals surface area contributed by atoms with E-state index in [1.807, 2.05) is 30.3 Å². The fourth-order valence-electron chi connectivity index (χ4n) is 3.11. The summed E-state index contributed by atoms with van der Waals surface area (Å²) in [5, 5.41) is 1.40. The van der Waals surface area contributed by atoms with Gasteiger partial charge in [0.2, 0.25) is 0 Å². The molecule has 4 aromatic rings. The number of carbonyl (C=O) groups excluding carboxylic acids is 1. The predicted molar refractivity (Wildman–Crippen MR) is 103 cm³/mol. The molecule has 2 aromatic carbocycles. The van der Waals surface area contributed by atoms with Gasteiger partial charge in [-0.25, -0.2) is 9.18 Å². The van der Waals surface area contributed by atoms with Gasteiger partial charge in [0, 0.05) is 39.9 Å². The summed E-state index contributed by atoms with van der Waals surface area (Å²) in [7, 11) is 1.52. The van der Waals surface area contributed by atoms with E-state index >= 15 is 0 Å². The van der Waals surface area contributed by atoms with Crippen molar-refractivity contribution in [2.24, 2.45) is 0 Å².